The molecular weight excluding hydrogens is 332 g/mol. The van der Waals surface area contributed by atoms with Gasteiger partial charge >= 0.3 is 0 Å². The molecule has 7 heteroatoms. The molecule has 0 saturated heterocycles. The molecule has 2 aromatic heterocycles. The van der Waals surface area contributed by atoms with Crippen LogP contribution in [0.25, 0.3) is 0 Å². The second kappa shape index (κ2) is 8.14. The van der Waals surface area contributed by atoms with Crippen molar-refractivity contribution in [2.45, 2.75) is 18.9 Å². The normalized spacial score (nSPS) is 16.4. The minimum Gasteiger partial charge on any atom is -0.459 e. The van der Waals surface area contributed by atoms with E-state index in [-0.39, 0.29) is 17.6 Å². The second-order valence-electron chi connectivity index (χ2n) is 6.71. The van der Waals surface area contributed by atoms with Crippen molar-refractivity contribution in [3.8, 4) is 0 Å². The molecule has 1 unspecified atom stereocenters. The lowest BCUT2D eigenvalue weighted by Gasteiger charge is -2.32. The van der Waals surface area contributed by atoms with Gasteiger partial charge in [0, 0.05) is 25.8 Å². The molecule has 1 N–H and O–H groups in total. The lowest BCUT2D eigenvalue weighted by molar-refractivity contribution is -0.123. The van der Waals surface area contributed by atoms with Crippen molar-refractivity contribution in [2.24, 2.45) is 0 Å². The fourth-order valence-corrected chi connectivity index (χ4v) is 3.12. The number of pyridine rings is 1. The molecule has 2 aromatic rings. The Labute approximate surface area is 153 Å². The summed E-state index contributed by atoms with van der Waals surface area (Å²) in [5.41, 5.74) is 1.65. The summed E-state index contributed by atoms with van der Waals surface area (Å²) in [6.07, 6.45) is 4.03. The summed E-state index contributed by atoms with van der Waals surface area (Å²) in [4.78, 5) is 33.5. The van der Waals surface area contributed by atoms with Crippen molar-refractivity contribution < 1.29 is 14.0 Å². The van der Waals surface area contributed by atoms with Crippen LogP contribution >= 0.6 is 0 Å². The van der Waals surface area contributed by atoms with Gasteiger partial charge in [-0.2, -0.15) is 0 Å². The van der Waals surface area contributed by atoms with E-state index in [0.717, 1.165) is 24.2 Å². The van der Waals surface area contributed by atoms with E-state index < -0.39 is 5.92 Å². The first-order valence-electron chi connectivity index (χ1n) is 8.75. The zero-order valence-corrected chi connectivity index (χ0v) is 15.1. The molecule has 0 bridgehead atoms. The maximum Gasteiger partial charge on any atom is 0.289 e. The van der Waals surface area contributed by atoms with Crippen molar-refractivity contribution in [2.75, 3.05) is 33.7 Å². The van der Waals surface area contributed by atoms with Gasteiger partial charge in [0.05, 0.1) is 17.9 Å². The van der Waals surface area contributed by atoms with Crippen molar-refractivity contribution in [3.63, 3.8) is 0 Å². The number of hydrogen-bond donors (Lipinski definition) is 1. The molecule has 0 saturated carbocycles. The number of furan rings is 1. The van der Waals surface area contributed by atoms with Gasteiger partial charge in [-0.1, -0.05) is 6.07 Å². The minimum absolute atomic E-state index is 0.0966. The maximum absolute atomic E-state index is 12.7. The molecular formula is C19H24N4O3. The Bertz CT molecular complexity index is 758. The topological polar surface area (TPSA) is 78.7 Å². The van der Waals surface area contributed by atoms with Gasteiger partial charge in [-0.15, -0.1) is 0 Å². The highest BCUT2D eigenvalue weighted by molar-refractivity contribution is 5.93. The zero-order valence-electron chi connectivity index (χ0n) is 15.1. The van der Waals surface area contributed by atoms with Crippen LogP contribution in [-0.2, 0) is 11.3 Å². The second-order valence-corrected chi connectivity index (χ2v) is 6.71. The van der Waals surface area contributed by atoms with E-state index in [1.165, 1.54) is 6.26 Å². The lowest BCUT2D eigenvalue weighted by Crippen LogP contribution is -2.44. The lowest BCUT2D eigenvalue weighted by atomic mass is 9.93. The van der Waals surface area contributed by atoms with Crippen LogP contribution in [0.3, 0.4) is 0 Å². The standard InChI is InChI=1S/C19H24N4O3/c1-22(2)10-5-9-21-18(24)15-13-23(19(25)16-7-4-11-26-16)12-14-6-3-8-20-17(14)15/h3-4,6-8,11,15H,5,9-10,12-13H2,1-2H3,(H,21,24). The van der Waals surface area contributed by atoms with Gasteiger partial charge in [0.2, 0.25) is 5.91 Å². The van der Waals surface area contributed by atoms with Crippen LogP contribution in [0.2, 0.25) is 0 Å². The molecule has 26 heavy (non-hydrogen) atoms. The molecule has 0 fully saturated rings. The van der Waals surface area contributed by atoms with Crippen LogP contribution in [0.15, 0.2) is 41.1 Å². The highest BCUT2D eigenvalue weighted by atomic mass is 16.3. The number of aromatic nitrogens is 1. The van der Waals surface area contributed by atoms with Crippen LogP contribution in [-0.4, -0.2) is 60.3 Å². The van der Waals surface area contributed by atoms with E-state index in [9.17, 15) is 9.59 Å². The quantitative estimate of drug-likeness (QED) is 0.793. The Balaban J connectivity index is 1.73. The molecule has 3 heterocycles. The number of rotatable bonds is 6. The van der Waals surface area contributed by atoms with Gasteiger partial charge in [-0.05, 0) is 50.8 Å². The summed E-state index contributed by atoms with van der Waals surface area (Å²) in [5.74, 6) is -0.503. The number of hydrogen-bond acceptors (Lipinski definition) is 5. The first-order chi connectivity index (χ1) is 12.6. The highest BCUT2D eigenvalue weighted by Gasteiger charge is 2.34. The van der Waals surface area contributed by atoms with Gasteiger partial charge < -0.3 is 19.5 Å². The van der Waals surface area contributed by atoms with E-state index in [0.29, 0.717) is 19.6 Å². The maximum atomic E-state index is 12.7. The van der Waals surface area contributed by atoms with Crippen LogP contribution in [0, 0.1) is 0 Å². The Morgan fingerprint density at radius 3 is 2.92 bits per heavy atom. The van der Waals surface area contributed by atoms with E-state index in [4.69, 9.17) is 4.42 Å². The van der Waals surface area contributed by atoms with Crippen LogP contribution in [0.1, 0.15) is 34.2 Å². The van der Waals surface area contributed by atoms with Gasteiger partial charge in [-0.3, -0.25) is 14.6 Å². The molecule has 1 aliphatic heterocycles. The van der Waals surface area contributed by atoms with Crippen LogP contribution in [0.4, 0.5) is 0 Å². The zero-order chi connectivity index (χ0) is 18.5. The van der Waals surface area contributed by atoms with E-state index in [1.807, 2.05) is 26.2 Å². The van der Waals surface area contributed by atoms with Crippen LogP contribution in [0.5, 0.6) is 0 Å². The smallest absolute Gasteiger partial charge is 0.289 e. The molecule has 0 aliphatic carbocycles. The molecule has 2 amide bonds. The van der Waals surface area contributed by atoms with Gasteiger partial charge in [0.25, 0.3) is 5.91 Å². The SMILES string of the molecule is CN(C)CCCNC(=O)C1CN(C(=O)c2ccco2)Cc2cccnc21. The average molecular weight is 356 g/mol. The van der Waals surface area contributed by atoms with Crippen molar-refractivity contribution in [1.29, 1.82) is 0 Å². The Morgan fingerprint density at radius 2 is 2.19 bits per heavy atom. The fraction of sp³-hybridized carbons (Fsp3) is 0.421. The third-order valence-corrected chi connectivity index (χ3v) is 4.44. The predicted molar refractivity (Wildman–Crippen MR) is 96.6 cm³/mol. The molecule has 0 aromatic carbocycles. The third kappa shape index (κ3) is 4.11. The van der Waals surface area contributed by atoms with Crippen LogP contribution < -0.4 is 5.32 Å². The first-order valence-corrected chi connectivity index (χ1v) is 8.75. The number of amides is 2. The summed E-state index contributed by atoms with van der Waals surface area (Å²) in [6, 6.07) is 7.06. The van der Waals surface area contributed by atoms with Gasteiger partial charge in [0.1, 0.15) is 0 Å². The van der Waals surface area contributed by atoms with Crippen molar-refractivity contribution in [1.82, 2.24) is 20.1 Å². The summed E-state index contributed by atoms with van der Waals surface area (Å²) < 4.78 is 5.22. The Kier molecular flexibility index (Phi) is 5.68. The monoisotopic (exact) mass is 356 g/mol. The fourth-order valence-electron chi connectivity index (χ4n) is 3.12. The Hall–Kier alpha value is -2.67. The number of carbonyl (C=O) groups is 2. The van der Waals surface area contributed by atoms with E-state index >= 15 is 0 Å². The van der Waals surface area contributed by atoms with E-state index in [1.54, 1.807) is 23.2 Å². The molecule has 0 radical (unpaired) electrons. The predicted octanol–water partition coefficient (Wildman–Crippen LogP) is 1.48. The number of nitrogens with zero attached hydrogens (tertiary/aromatic N) is 3. The molecule has 138 valence electrons. The molecule has 3 rings (SSSR count). The molecule has 7 nitrogen and oxygen atoms in total. The minimum atomic E-state index is -0.474. The number of fused-ring (bicyclic) bond motifs is 1. The van der Waals surface area contributed by atoms with Crippen molar-refractivity contribution in [3.05, 3.63) is 53.7 Å². The van der Waals surface area contributed by atoms with Gasteiger partial charge in [0.15, 0.2) is 5.76 Å². The molecule has 1 atom stereocenters. The number of nitrogens with one attached hydrogen (secondary N) is 1. The van der Waals surface area contributed by atoms with E-state index in [2.05, 4.69) is 15.2 Å². The highest BCUT2D eigenvalue weighted by Crippen LogP contribution is 2.27. The average Bonchev–Trinajstić information content (AvgIpc) is 3.18. The Morgan fingerprint density at radius 1 is 1.35 bits per heavy atom. The summed E-state index contributed by atoms with van der Waals surface area (Å²) in [7, 11) is 4.00. The number of carbonyl (C=O) groups excluding carboxylic acids is 2. The van der Waals surface area contributed by atoms with Crippen molar-refractivity contribution >= 4 is 11.8 Å². The molecule has 0 spiro atoms. The third-order valence-electron chi connectivity index (χ3n) is 4.44. The summed E-state index contributed by atoms with van der Waals surface area (Å²) in [6.45, 7) is 2.22. The largest absolute Gasteiger partial charge is 0.459 e. The van der Waals surface area contributed by atoms with Gasteiger partial charge in [-0.25, -0.2) is 0 Å². The summed E-state index contributed by atoms with van der Waals surface area (Å²) in [5, 5.41) is 2.98. The summed E-state index contributed by atoms with van der Waals surface area (Å²) >= 11 is 0. The first kappa shape index (κ1) is 18.1. The molecule has 1 aliphatic rings.